The van der Waals surface area contributed by atoms with Crippen molar-refractivity contribution >= 4 is 33.4 Å². The van der Waals surface area contributed by atoms with Crippen LogP contribution in [0.25, 0.3) is 0 Å². The number of fused-ring (bicyclic) bond motifs is 1. The Morgan fingerprint density at radius 3 is 2.58 bits per heavy atom. The first-order chi connectivity index (χ1) is 15.0. The van der Waals surface area contributed by atoms with Gasteiger partial charge in [-0.3, -0.25) is 9.59 Å². The van der Waals surface area contributed by atoms with Crippen LogP contribution >= 0.6 is 15.9 Å². The highest BCUT2D eigenvalue weighted by Gasteiger charge is 2.34. The number of anilines is 1. The molecule has 0 saturated carbocycles. The van der Waals surface area contributed by atoms with E-state index in [1.165, 1.54) is 12.1 Å². The number of methoxy groups -OCH3 is 1. The first-order valence-corrected chi connectivity index (χ1v) is 10.5. The van der Waals surface area contributed by atoms with Gasteiger partial charge in [0.2, 0.25) is 5.91 Å². The summed E-state index contributed by atoms with van der Waals surface area (Å²) in [6.45, 7) is 0.408. The van der Waals surface area contributed by atoms with E-state index in [1.54, 1.807) is 36.3 Å². The zero-order valence-corrected chi connectivity index (χ0v) is 18.4. The summed E-state index contributed by atoms with van der Waals surface area (Å²) in [5, 5.41) is 2.62. The minimum absolute atomic E-state index is 0.0123. The molecule has 1 N–H and O–H groups in total. The molecule has 31 heavy (non-hydrogen) atoms. The Bertz CT molecular complexity index is 1130. The van der Waals surface area contributed by atoms with Gasteiger partial charge in [-0.05, 0) is 47.5 Å². The standard InChI is InChI=1S/C24H20BrFN2O3/c1-31-18-9-6-15(7-10-18)22(28-14-16-4-2-3-5-19(16)24(28)30)13-23(29)27-21-11-8-17(25)12-20(21)26/h2-12,22H,13-14H2,1H3,(H,27,29)/t22-/m1/s1. The lowest BCUT2D eigenvalue weighted by Crippen LogP contribution is -2.32. The SMILES string of the molecule is COc1ccc([C@@H](CC(=O)Nc2ccc(Br)cc2F)N2Cc3ccccc3C2=O)cc1. The summed E-state index contributed by atoms with van der Waals surface area (Å²) in [6, 6.07) is 18.6. The largest absolute Gasteiger partial charge is 0.497 e. The van der Waals surface area contributed by atoms with E-state index in [0.717, 1.165) is 11.1 Å². The lowest BCUT2D eigenvalue weighted by atomic mass is 10.0. The predicted octanol–water partition coefficient (Wildman–Crippen LogP) is 5.32. The van der Waals surface area contributed by atoms with E-state index in [0.29, 0.717) is 22.3 Å². The van der Waals surface area contributed by atoms with Gasteiger partial charge in [0, 0.05) is 16.6 Å². The van der Waals surface area contributed by atoms with Gasteiger partial charge in [0.1, 0.15) is 11.6 Å². The molecule has 0 aromatic heterocycles. The van der Waals surface area contributed by atoms with E-state index in [1.807, 2.05) is 30.3 Å². The third-order valence-electron chi connectivity index (χ3n) is 5.31. The number of carbonyl (C=O) groups excluding carboxylic acids is 2. The van der Waals surface area contributed by atoms with Crippen molar-refractivity contribution in [1.82, 2.24) is 4.90 Å². The van der Waals surface area contributed by atoms with Gasteiger partial charge in [-0.2, -0.15) is 0 Å². The van der Waals surface area contributed by atoms with E-state index >= 15 is 0 Å². The van der Waals surface area contributed by atoms with Gasteiger partial charge < -0.3 is 15.0 Å². The minimum atomic E-state index is -0.534. The molecule has 1 atom stereocenters. The third-order valence-corrected chi connectivity index (χ3v) is 5.80. The van der Waals surface area contributed by atoms with Gasteiger partial charge >= 0.3 is 0 Å². The second kappa shape index (κ2) is 8.89. The quantitative estimate of drug-likeness (QED) is 0.516. The molecule has 0 radical (unpaired) electrons. The Labute approximate surface area is 188 Å². The van der Waals surface area contributed by atoms with Gasteiger partial charge in [0.15, 0.2) is 0 Å². The van der Waals surface area contributed by atoms with Crippen molar-refractivity contribution in [2.75, 3.05) is 12.4 Å². The Balaban J connectivity index is 1.61. The molecule has 0 spiro atoms. The van der Waals surface area contributed by atoms with Crippen molar-refractivity contribution in [2.45, 2.75) is 19.0 Å². The molecule has 3 aromatic carbocycles. The zero-order valence-electron chi connectivity index (χ0n) is 16.8. The maximum atomic E-state index is 14.2. The van der Waals surface area contributed by atoms with Crippen LogP contribution in [0.3, 0.4) is 0 Å². The highest BCUT2D eigenvalue weighted by molar-refractivity contribution is 9.10. The van der Waals surface area contributed by atoms with Crippen LogP contribution in [0.5, 0.6) is 5.75 Å². The van der Waals surface area contributed by atoms with Crippen LogP contribution in [0.4, 0.5) is 10.1 Å². The fraction of sp³-hybridized carbons (Fsp3) is 0.167. The number of nitrogens with one attached hydrogen (secondary N) is 1. The lowest BCUT2D eigenvalue weighted by Gasteiger charge is -2.28. The number of halogens is 2. The van der Waals surface area contributed by atoms with Gasteiger partial charge in [0.05, 0.1) is 25.3 Å². The van der Waals surface area contributed by atoms with Crippen LogP contribution in [0.1, 0.15) is 33.9 Å². The first-order valence-electron chi connectivity index (χ1n) is 9.74. The highest BCUT2D eigenvalue weighted by atomic mass is 79.9. The average molecular weight is 483 g/mol. The van der Waals surface area contributed by atoms with E-state index in [9.17, 15) is 14.0 Å². The zero-order chi connectivity index (χ0) is 22.0. The third kappa shape index (κ3) is 4.46. The van der Waals surface area contributed by atoms with Crippen LogP contribution in [0, 0.1) is 5.82 Å². The van der Waals surface area contributed by atoms with Crippen molar-refractivity contribution in [3.8, 4) is 5.75 Å². The normalized spacial score (nSPS) is 13.6. The highest BCUT2D eigenvalue weighted by Crippen LogP contribution is 2.34. The number of hydrogen-bond acceptors (Lipinski definition) is 3. The smallest absolute Gasteiger partial charge is 0.255 e. The van der Waals surface area contributed by atoms with Gasteiger partial charge in [-0.25, -0.2) is 4.39 Å². The van der Waals surface area contributed by atoms with Gasteiger partial charge in [-0.15, -0.1) is 0 Å². The Morgan fingerprint density at radius 1 is 1.16 bits per heavy atom. The molecule has 0 aliphatic carbocycles. The number of amides is 2. The van der Waals surface area contributed by atoms with E-state index in [-0.39, 0.29) is 23.9 Å². The van der Waals surface area contributed by atoms with Gasteiger partial charge in [-0.1, -0.05) is 46.3 Å². The Morgan fingerprint density at radius 2 is 1.90 bits per heavy atom. The van der Waals surface area contributed by atoms with Gasteiger partial charge in [0.25, 0.3) is 5.91 Å². The average Bonchev–Trinajstić information content (AvgIpc) is 3.11. The maximum absolute atomic E-state index is 14.2. The summed E-state index contributed by atoms with van der Waals surface area (Å²) < 4.78 is 20.0. The molecule has 0 saturated heterocycles. The number of hydrogen-bond donors (Lipinski definition) is 1. The number of benzene rings is 3. The van der Waals surface area contributed by atoms with Crippen LogP contribution in [0.15, 0.2) is 71.2 Å². The second-order valence-corrected chi connectivity index (χ2v) is 8.17. The first kappa shape index (κ1) is 21.1. The molecule has 4 rings (SSSR count). The van der Waals surface area contributed by atoms with Crippen LogP contribution in [-0.2, 0) is 11.3 Å². The molecule has 5 nitrogen and oxygen atoms in total. The molecule has 0 fully saturated rings. The molecule has 3 aromatic rings. The maximum Gasteiger partial charge on any atom is 0.255 e. The summed E-state index contributed by atoms with van der Waals surface area (Å²) in [7, 11) is 1.58. The monoisotopic (exact) mass is 482 g/mol. The van der Waals surface area contributed by atoms with Crippen molar-refractivity contribution in [2.24, 2.45) is 0 Å². The molecule has 2 amide bonds. The van der Waals surface area contributed by atoms with Crippen molar-refractivity contribution in [3.05, 3.63) is 93.7 Å². The number of carbonyl (C=O) groups is 2. The Kier molecular flexibility index (Phi) is 6.04. The summed E-state index contributed by atoms with van der Waals surface area (Å²) in [6.07, 6.45) is -0.0123. The number of ether oxygens (including phenoxy) is 1. The summed E-state index contributed by atoms with van der Waals surface area (Å²) in [5.74, 6) is -0.363. The molecule has 158 valence electrons. The molecule has 1 aliphatic heterocycles. The van der Waals surface area contributed by atoms with E-state index in [4.69, 9.17) is 4.74 Å². The molecule has 7 heteroatoms. The second-order valence-electron chi connectivity index (χ2n) is 7.26. The van der Waals surface area contributed by atoms with Crippen LogP contribution < -0.4 is 10.1 Å². The molecule has 0 unspecified atom stereocenters. The van der Waals surface area contributed by atoms with Crippen LogP contribution in [0.2, 0.25) is 0 Å². The molecule has 1 aliphatic rings. The van der Waals surface area contributed by atoms with E-state index < -0.39 is 11.9 Å². The summed E-state index contributed by atoms with van der Waals surface area (Å²) in [4.78, 5) is 27.6. The Hall–Kier alpha value is -3.19. The predicted molar refractivity (Wildman–Crippen MR) is 119 cm³/mol. The van der Waals surface area contributed by atoms with Crippen molar-refractivity contribution < 1.29 is 18.7 Å². The van der Waals surface area contributed by atoms with E-state index in [2.05, 4.69) is 21.2 Å². The number of nitrogens with zero attached hydrogens (tertiary/aromatic N) is 1. The van der Waals surface area contributed by atoms with Crippen molar-refractivity contribution in [1.29, 1.82) is 0 Å². The minimum Gasteiger partial charge on any atom is -0.497 e. The molecule has 0 bridgehead atoms. The van der Waals surface area contributed by atoms with Crippen LogP contribution in [-0.4, -0.2) is 23.8 Å². The fourth-order valence-corrected chi connectivity index (χ4v) is 4.06. The lowest BCUT2D eigenvalue weighted by molar-refractivity contribution is -0.117. The molecule has 1 heterocycles. The summed E-state index contributed by atoms with van der Waals surface area (Å²) >= 11 is 3.20. The fourth-order valence-electron chi connectivity index (χ4n) is 3.73. The summed E-state index contributed by atoms with van der Waals surface area (Å²) in [5.41, 5.74) is 2.46. The topological polar surface area (TPSA) is 58.6 Å². The molecular formula is C24H20BrFN2O3. The number of rotatable bonds is 6. The van der Waals surface area contributed by atoms with Crippen molar-refractivity contribution in [3.63, 3.8) is 0 Å². The molecular weight excluding hydrogens is 463 g/mol.